The Hall–Kier alpha value is -0.260. The van der Waals surface area contributed by atoms with Crippen molar-refractivity contribution in [1.82, 2.24) is 0 Å². The van der Waals surface area contributed by atoms with E-state index in [-0.39, 0.29) is 0 Å². The van der Waals surface area contributed by atoms with Crippen molar-refractivity contribution in [2.45, 2.75) is 18.9 Å². The molecule has 0 radical (unpaired) electrons. The first-order valence-corrected chi connectivity index (χ1v) is 2.98. The van der Waals surface area contributed by atoms with Gasteiger partial charge in [0.15, 0.2) is 0 Å². The minimum absolute atomic E-state index is 0.486. The number of alkyl halides is 1. The molecule has 1 atom stereocenters. The van der Waals surface area contributed by atoms with Crippen molar-refractivity contribution in [1.29, 1.82) is 5.26 Å². The quantitative estimate of drug-likeness (QED) is 0.459. The minimum Gasteiger partial charge on any atom is -0.378 e. The van der Waals surface area contributed by atoms with Crippen LogP contribution in [0, 0.1) is 11.3 Å². The number of aliphatic hydroxyl groups is 1. The highest BCUT2D eigenvalue weighted by Gasteiger charge is 1.97. The molecule has 0 fully saturated rings. The Morgan fingerprint density at radius 2 is 2.38 bits per heavy atom. The van der Waals surface area contributed by atoms with Crippen LogP contribution < -0.4 is 0 Å². The standard InChI is InChI=1S/C5H8ClNO/c6-3-1-2-5(8)4-7/h5,8H,1-3H2. The molecule has 1 N–H and O–H groups in total. The van der Waals surface area contributed by atoms with Crippen LogP contribution in [0.1, 0.15) is 12.8 Å². The average Bonchev–Trinajstić information content (AvgIpc) is 1.83. The molecule has 46 valence electrons. The van der Waals surface area contributed by atoms with Gasteiger partial charge in [-0.15, -0.1) is 11.6 Å². The zero-order chi connectivity index (χ0) is 6.41. The number of rotatable bonds is 3. The predicted molar refractivity (Wildman–Crippen MR) is 31.6 cm³/mol. The maximum atomic E-state index is 8.57. The third-order valence-corrected chi connectivity index (χ3v) is 1.03. The summed E-state index contributed by atoms with van der Waals surface area (Å²) in [5, 5.41) is 16.6. The molecule has 0 saturated carbocycles. The zero-order valence-corrected chi connectivity index (χ0v) is 5.23. The molecule has 0 aromatic carbocycles. The number of hydrogen-bond donors (Lipinski definition) is 1. The van der Waals surface area contributed by atoms with Gasteiger partial charge in [0, 0.05) is 5.88 Å². The molecule has 0 aliphatic rings. The molecule has 8 heavy (non-hydrogen) atoms. The van der Waals surface area contributed by atoms with Gasteiger partial charge in [-0.1, -0.05) is 0 Å². The van der Waals surface area contributed by atoms with Crippen LogP contribution in [-0.2, 0) is 0 Å². The number of aliphatic hydroxyl groups excluding tert-OH is 1. The molecule has 0 saturated heterocycles. The molecule has 0 aliphatic heterocycles. The Labute approximate surface area is 53.7 Å². The third-order valence-electron chi connectivity index (χ3n) is 0.760. The van der Waals surface area contributed by atoms with Gasteiger partial charge in [0.05, 0.1) is 6.07 Å². The molecule has 0 heterocycles. The van der Waals surface area contributed by atoms with Crippen molar-refractivity contribution in [3.8, 4) is 6.07 Å². The van der Waals surface area contributed by atoms with Gasteiger partial charge in [-0.3, -0.25) is 0 Å². The lowest BCUT2D eigenvalue weighted by atomic mass is 10.2. The zero-order valence-electron chi connectivity index (χ0n) is 4.47. The Morgan fingerprint density at radius 1 is 1.75 bits per heavy atom. The SMILES string of the molecule is N#CC(O)CCCCl. The van der Waals surface area contributed by atoms with E-state index in [9.17, 15) is 0 Å². The summed E-state index contributed by atoms with van der Waals surface area (Å²) in [4.78, 5) is 0. The van der Waals surface area contributed by atoms with Gasteiger partial charge in [0.2, 0.25) is 0 Å². The molecule has 0 rings (SSSR count). The second-order valence-electron chi connectivity index (χ2n) is 1.48. The van der Waals surface area contributed by atoms with Crippen LogP contribution in [0.2, 0.25) is 0 Å². The van der Waals surface area contributed by atoms with E-state index < -0.39 is 6.10 Å². The van der Waals surface area contributed by atoms with Gasteiger partial charge in [0.25, 0.3) is 0 Å². The van der Waals surface area contributed by atoms with Crippen LogP contribution in [0.25, 0.3) is 0 Å². The van der Waals surface area contributed by atoms with Crippen LogP contribution in [0.5, 0.6) is 0 Å². The van der Waals surface area contributed by atoms with Crippen molar-refractivity contribution in [2.75, 3.05) is 5.88 Å². The fourth-order valence-corrected chi connectivity index (χ4v) is 0.489. The topological polar surface area (TPSA) is 44.0 Å². The van der Waals surface area contributed by atoms with Crippen molar-refractivity contribution in [3.05, 3.63) is 0 Å². The van der Waals surface area contributed by atoms with E-state index >= 15 is 0 Å². The van der Waals surface area contributed by atoms with Gasteiger partial charge in [-0.05, 0) is 12.8 Å². The molecule has 1 unspecified atom stereocenters. The van der Waals surface area contributed by atoms with E-state index in [1.54, 1.807) is 6.07 Å². The number of halogens is 1. The van der Waals surface area contributed by atoms with E-state index in [0.29, 0.717) is 18.7 Å². The maximum Gasteiger partial charge on any atom is 0.140 e. The van der Waals surface area contributed by atoms with Crippen LogP contribution in [-0.4, -0.2) is 17.1 Å². The van der Waals surface area contributed by atoms with E-state index in [2.05, 4.69) is 0 Å². The van der Waals surface area contributed by atoms with Gasteiger partial charge in [-0.2, -0.15) is 5.26 Å². The van der Waals surface area contributed by atoms with Gasteiger partial charge in [0.1, 0.15) is 6.10 Å². The van der Waals surface area contributed by atoms with Crippen LogP contribution in [0.15, 0.2) is 0 Å². The summed E-state index contributed by atoms with van der Waals surface area (Å²) >= 11 is 5.28. The third kappa shape index (κ3) is 3.91. The summed E-state index contributed by atoms with van der Waals surface area (Å²) in [6, 6.07) is 1.70. The highest BCUT2D eigenvalue weighted by molar-refractivity contribution is 6.17. The number of nitriles is 1. The lowest BCUT2D eigenvalue weighted by molar-refractivity contribution is 0.219. The number of nitrogens with zero attached hydrogens (tertiary/aromatic N) is 1. The Morgan fingerprint density at radius 3 is 2.75 bits per heavy atom. The lowest BCUT2D eigenvalue weighted by Gasteiger charge is -1.94. The summed E-state index contributed by atoms with van der Waals surface area (Å²) in [5.41, 5.74) is 0. The smallest absolute Gasteiger partial charge is 0.140 e. The van der Waals surface area contributed by atoms with Crippen molar-refractivity contribution in [3.63, 3.8) is 0 Å². The fraction of sp³-hybridized carbons (Fsp3) is 0.800. The lowest BCUT2D eigenvalue weighted by Crippen LogP contribution is -2.01. The minimum atomic E-state index is -0.825. The largest absolute Gasteiger partial charge is 0.378 e. The molecular formula is C5H8ClNO. The van der Waals surface area contributed by atoms with Crippen LogP contribution >= 0.6 is 11.6 Å². The van der Waals surface area contributed by atoms with Crippen molar-refractivity contribution < 1.29 is 5.11 Å². The van der Waals surface area contributed by atoms with E-state index in [1.807, 2.05) is 0 Å². The van der Waals surface area contributed by atoms with Gasteiger partial charge >= 0.3 is 0 Å². The predicted octanol–water partition coefficient (Wildman–Crippen LogP) is 0.890. The van der Waals surface area contributed by atoms with Crippen molar-refractivity contribution >= 4 is 11.6 Å². The summed E-state index contributed by atoms with van der Waals surface area (Å²) in [6.45, 7) is 0. The Balaban J connectivity index is 3.02. The molecule has 2 nitrogen and oxygen atoms in total. The Kier molecular flexibility index (Phi) is 4.73. The summed E-state index contributed by atoms with van der Waals surface area (Å²) in [7, 11) is 0. The van der Waals surface area contributed by atoms with Crippen LogP contribution in [0.4, 0.5) is 0 Å². The molecule has 0 amide bonds. The average molecular weight is 134 g/mol. The summed E-state index contributed by atoms with van der Waals surface area (Å²) in [5.74, 6) is 0.513. The van der Waals surface area contributed by atoms with Gasteiger partial charge < -0.3 is 5.11 Å². The van der Waals surface area contributed by atoms with Crippen LogP contribution in [0.3, 0.4) is 0 Å². The molecular weight excluding hydrogens is 126 g/mol. The second kappa shape index (κ2) is 4.89. The molecule has 0 bridgehead atoms. The van der Waals surface area contributed by atoms with Crippen molar-refractivity contribution in [2.24, 2.45) is 0 Å². The summed E-state index contributed by atoms with van der Waals surface area (Å²) < 4.78 is 0. The summed E-state index contributed by atoms with van der Waals surface area (Å²) in [6.07, 6.45) is 0.366. The molecule has 0 aromatic heterocycles. The first kappa shape index (κ1) is 7.74. The second-order valence-corrected chi connectivity index (χ2v) is 1.85. The van der Waals surface area contributed by atoms with Gasteiger partial charge in [-0.25, -0.2) is 0 Å². The highest BCUT2D eigenvalue weighted by Crippen LogP contribution is 1.95. The van der Waals surface area contributed by atoms with E-state index in [1.165, 1.54) is 0 Å². The number of hydrogen-bond acceptors (Lipinski definition) is 2. The molecule has 0 spiro atoms. The monoisotopic (exact) mass is 133 g/mol. The first-order chi connectivity index (χ1) is 3.81. The van der Waals surface area contributed by atoms with E-state index in [0.717, 1.165) is 0 Å². The van der Waals surface area contributed by atoms with E-state index in [4.69, 9.17) is 22.0 Å². The Bertz CT molecular complexity index is 88.9. The molecule has 0 aromatic rings. The normalized spacial score (nSPS) is 12.6. The fourth-order valence-electron chi connectivity index (χ4n) is 0.335. The maximum absolute atomic E-state index is 8.57. The molecule has 0 aliphatic carbocycles. The molecule has 3 heteroatoms. The first-order valence-electron chi connectivity index (χ1n) is 2.45. The highest BCUT2D eigenvalue weighted by atomic mass is 35.5.